The van der Waals surface area contributed by atoms with Crippen molar-refractivity contribution in [3.05, 3.63) is 29.3 Å². The van der Waals surface area contributed by atoms with E-state index in [1.54, 1.807) is 0 Å². The van der Waals surface area contributed by atoms with Crippen molar-refractivity contribution in [3.63, 3.8) is 0 Å². The lowest BCUT2D eigenvalue weighted by atomic mass is 10.1. The van der Waals surface area contributed by atoms with Crippen LogP contribution in [0.4, 0.5) is 26.3 Å². The van der Waals surface area contributed by atoms with Crippen LogP contribution in [-0.4, -0.2) is 6.36 Å². The quantitative estimate of drug-likeness (QED) is 0.577. The number of hydrogen-bond acceptors (Lipinski definition) is 1. The van der Waals surface area contributed by atoms with Gasteiger partial charge in [0.05, 0.1) is 5.56 Å². The van der Waals surface area contributed by atoms with Gasteiger partial charge in [0.1, 0.15) is 5.75 Å². The van der Waals surface area contributed by atoms with Gasteiger partial charge in [-0.15, -0.1) is 24.8 Å². The first-order valence-corrected chi connectivity index (χ1v) is 4.68. The number of hydrogen-bond donors (Lipinski definition) is 0. The molecule has 1 aromatic rings. The second-order valence-electron chi connectivity index (χ2n) is 3.04. The summed E-state index contributed by atoms with van der Waals surface area (Å²) in [5.41, 5.74) is -1.35. The molecule has 0 unspecified atom stereocenters. The highest BCUT2D eigenvalue weighted by Crippen LogP contribution is 2.34. The minimum Gasteiger partial charge on any atom is -0.406 e. The molecule has 0 aliphatic carbocycles. The second-order valence-corrected chi connectivity index (χ2v) is 3.31. The number of benzene rings is 1. The normalized spacial score (nSPS) is 12.6. The van der Waals surface area contributed by atoms with Gasteiger partial charge in [-0.3, -0.25) is 0 Å². The van der Waals surface area contributed by atoms with Crippen LogP contribution in [0, 0.1) is 0 Å². The van der Waals surface area contributed by atoms with Crippen LogP contribution in [0.5, 0.6) is 5.75 Å². The zero-order chi connectivity index (χ0) is 13.3. The Morgan fingerprint density at radius 1 is 1.00 bits per heavy atom. The number of alkyl halides is 7. The summed E-state index contributed by atoms with van der Waals surface area (Å²) in [5.74, 6) is -1.29. The van der Waals surface area contributed by atoms with Gasteiger partial charge in [0.25, 0.3) is 0 Å². The molecule has 8 heteroatoms. The average molecular weight is 279 g/mol. The van der Waals surface area contributed by atoms with Crippen molar-refractivity contribution in [2.24, 2.45) is 0 Å². The topological polar surface area (TPSA) is 9.23 Å². The Labute approximate surface area is 96.9 Å². The molecule has 0 atom stereocenters. The van der Waals surface area contributed by atoms with Crippen LogP contribution in [0.2, 0.25) is 0 Å². The third kappa shape index (κ3) is 4.33. The van der Waals surface area contributed by atoms with E-state index in [9.17, 15) is 26.3 Å². The zero-order valence-corrected chi connectivity index (χ0v) is 8.75. The molecule has 0 fully saturated rings. The smallest absolute Gasteiger partial charge is 0.406 e. The van der Waals surface area contributed by atoms with Gasteiger partial charge in [0.2, 0.25) is 0 Å². The highest BCUT2D eigenvalue weighted by Gasteiger charge is 2.34. The maximum atomic E-state index is 12.3. The zero-order valence-electron chi connectivity index (χ0n) is 7.99. The highest BCUT2D eigenvalue weighted by molar-refractivity contribution is 6.17. The largest absolute Gasteiger partial charge is 0.573 e. The van der Waals surface area contributed by atoms with Crippen LogP contribution < -0.4 is 4.74 Å². The van der Waals surface area contributed by atoms with E-state index >= 15 is 0 Å². The van der Waals surface area contributed by atoms with Gasteiger partial charge < -0.3 is 4.74 Å². The maximum absolute atomic E-state index is 12.3. The van der Waals surface area contributed by atoms with E-state index in [4.69, 9.17) is 11.6 Å². The summed E-state index contributed by atoms with van der Waals surface area (Å²) < 4.78 is 76.0. The SMILES string of the molecule is FC(F)(F)Oc1cc(CCl)cc(C(F)(F)F)c1. The Hall–Kier alpha value is -1.11. The molecule has 0 heterocycles. The van der Waals surface area contributed by atoms with Crippen molar-refractivity contribution in [3.8, 4) is 5.75 Å². The molecular weight excluding hydrogens is 274 g/mol. The Bertz CT molecular complexity index is 397. The predicted molar refractivity (Wildman–Crippen MR) is 47.7 cm³/mol. The van der Waals surface area contributed by atoms with E-state index in [1.807, 2.05) is 0 Å². The lowest BCUT2D eigenvalue weighted by Crippen LogP contribution is -2.18. The van der Waals surface area contributed by atoms with Crippen molar-refractivity contribution >= 4 is 11.6 Å². The molecular formula is C9H5ClF6O. The first kappa shape index (κ1) is 14.0. The fourth-order valence-corrected chi connectivity index (χ4v) is 1.25. The van der Waals surface area contributed by atoms with Crippen LogP contribution in [0.15, 0.2) is 18.2 Å². The van der Waals surface area contributed by atoms with Crippen LogP contribution in [0.1, 0.15) is 11.1 Å². The fraction of sp³-hybridized carbons (Fsp3) is 0.333. The molecule has 1 nitrogen and oxygen atoms in total. The van der Waals surface area contributed by atoms with Gasteiger partial charge >= 0.3 is 12.5 Å². The van der Waals surface area contributed by atoms with Crippen molar-refractivity contribution < 1.29 is 31.1 Å². The van der Waals surface area contributed by atoms with Crippen molar-refractivity contribution in [1.82, 2.24) is 0 Å². The average Bonchev–Trinajstić information content (AvgIpc) is 2.13. The fourth-order valence-electron chi connectivity index (χ4n) is 1.09. The van der Waals surface area contributed by atoms with E-state index in [-0.39, 0.29) is 17.5 Å². The lowest BCUT2D eigenvalue weighted by Gasteiger charge is -2.13. The predicted octanol–water partition coefficient (Wildman–Crippen LogP) is 4.34. The molecule has 0 radical (unpaired) electrons. The van der Waals surface area contributed by atoms with Crippen LogP contribution in [0.25, 0.3) is 0 Å². The van der Waals surface area contributed by atoms with Crippen molar-refractivity contribution in [2.45, 2.75) is 18.4 Å². The molecule has 0 saturated carbocycles. The Kier molecular flexibility index (Phi) is 3.81. The molecule has 1 aromatic carbocycles. The summed E-state index contributed by atoms with van der Waals surface area (Å²) >= 11 is 5.29. The van der Waals surface area contributed by atoms with E-state index in [2.05, 4.69) is 4.74 Å². The first-order valence-electron chi connectivity index (χ1n) is 4.15. The Balaban J connectivity index is 3.15. The number of halogens is 7. The standard InChI is InChI=1S/C9H5ClF6O/c10-4-5-1-6(8(11,12)13)3-7(2-5)17-9(14,15)16/h1-3H,4H2. The molecule has 0 bridgehead atoms. The number of ether oxygens (including phenoxy) is 1. The molecule has 1 rings (SSSR count). The third-order valence-electron chi connectivity index (χ3n) is 1.68. The van der Waals surface area contributed by atoms with Crippen molar-refractivity contribution in [1.29, 1.82) is 0 Å². The van der Waals surface area contributed by atoms with E-state index in [0.29, 0.717) is 6.07 Å². The molecule has 0 amide bonds. The Morgan fingerprint density at radius 3 is 2.00 bits per heavy atom. The summed E-state index contributed by atoms with van der Waals surface area (Å²) in [7, 11) is 0. The minimum absolute atomic E-state index is 0.110. The van der Waals surface area contributed by atoms with Gasteiger partial charge in [-0.25, -0.2) is 0 Å². The highest BCUT2D eigenvalue weighted by atomic mass is 35.5. The summed E-state index contributed by atoms with van der Waals surface area (Å²) in [5, 5.41) is 0. The lowest BCUT2D eigenvalue weighted by molar-refractivity contribution is -0.274. The summed E-state index contributed by atoms with van der Waals surface area (Å²) in [4.78, 5) is 0. The summed E-state index contributed by atoms with van der Waals surface area (Å²) in [6.45, 7) is 0. The number of rotatable bonds is 2. The van der Waals surface area contributed by atoms with Gasteiger partial charge in [-0.1, -0.05) is 0 Å². The molecule has 0 spiro atoms. The molecule has 0 N–H and O–H groups in total. The van der Waals surface area contributed by atoms with E-state index < -0.39 is 23.9 Å². The van der Waals surface area contributed by atoms with Gasteiger partial charge in [0, 0.05) is 5.88 Å². The van der Waals surface area contributed by atoms with Crippen LogP contribution >= 0.6 is 11.6 Å². The van der Waals surface area contributed by atoms with Crippen LogP contribution in [0.3, 0.4) is 0 Å². The molecule has 0 aliphatic heterocycles. The van der Waals surface area contributed by atoms with E-state index in [0.717, 1.165) is 6.07 Å². The van der Waals surface area contributed by atoms with Crippen LogP contribution in [-0.2, 0) is 12.1 Å². The molecule has 0 saturated heterocycles. The minimum atomic E-state index is -5.05. The maximum Gasteiger partial charge on any atom is 0.573 e. The first-order chi connectivity index (χ1) is 7.62. The molecule has 0 aromatic heterocycles. The van der Waals surface area contributed by atoms with E-state index in [1.165, 1.54) is 0 Å². The molecule has 96 valence electrons. The van der Waals surface area contributed by atoms with Gasteiger partial charge in [-0.2, -0.15) is 13.2 Å². The van der Waals surface area contributed by atoms with Gasteiger partial charge in [-0.05, 0) is 23.8 Å². The van der Waals surface area contributed by atoms with Crippen molar-refractivity contribution in [2.75, 3.05) is 0 Å². The summed E-state index contributed by atoms with van der Waals surface area (Å²) in [6.07, 6.45) is -9.81. The monoisotopic (exact) mass is 278 g/mol. The Morgan fingerprint density at radius 2 is 1.59 bits per heavy atom. The second kappa shape index (κ2) is 4.64. The van der Waals surface area contributed by atoms with Gasteiger partial charge in [0.15, 0.2) is 0 Å². The summed E-state index contributed by atoms with van der Waals surface area (Å²) in [6, 6.07) is 1.73. The third-order valence-corrected chi connectivity index (χ3v) is 1.99. The molecule has 17 heavy (non-hydrogen) atoms. The molecule has 0 aliphatic rings.